The summed E-state index contributed by atoms with van der Waals surface area (Å²) in [5.41, 5.74) is 1.60. The van der Waals surface area contributed by atoms with Gasteiger partial charge in [-0.3, -0.25) is 4.79 Å². The van der Waals surface area contributed by atoms with E-state index in [2.05, 4.69) is 5.32 Å². The van der Waals surface area contributed by atoms with Gasteiger partial charge >= 0.3 is 5.69 Å². The van der Waals surface area contributed by atoms with Gasteiger partial charge in [-0.15, -0.1) is 0 Å². The Labute approximate surface area is 139 Å². The van der Waals surface area contributed by atoms with E-state index in [1.807, 2.05) is 0 Å². The third-order valence-electron chi connectivity index (χ3n) is 3.66. The van der Waals surface area contributed by atoms with Gasteiger partial charge in [0.1, 0.15) is 0 Å². The Morgan fingerprint density at radius 3 is 2.58 bits per heavy atom. The summed E-state index contributed by atoms with van der Waals surface area (Å²) in [6, 6.07) is 10.7. The van der Waals surface area contributed by atoms with Gasteiger partial charge in [-0.25, -0.2) is 5.21 Å². The van der Waals surface area contributed by atoms with E-state index in [1.165, 1.54) is 29.7 Å². The van der Waals surface area contributed by atoms with Gasteiger partial charge in [0.25, 0.3) is 10.8 Å². The zero-order chi connectivity index (χ0) is 17.3. The predicted molar refractivity (Wildman–Crippen MR) is 87.4 cm³/mol. The monoisotopic (exact) mass is 346 g/mol. The molecule has 2 aromatic rings. The normalized spacial score (nSPS) is 20.9. The number of nitrogens with zero attached hydrogens (tertiary/aromatic N) is 1. The molecule has 0 bridgehead atoms. The summed E-state index contributed by atoms with van der Waals surface area (Å²) in [4.78, 5) is 23.1. The highest BCUT2D eigenvalue weighted by Gasteiger charge is 2.21. The van der Waals surface area contributed by atoms with Crippen molar-refractivity contribution in [2.45, 2.75) is 11.4 Å². The number of carbonyl (C=O) groups is 1. The molecule has 3 rings (SSSR count). The van der Waals surface area contributed by atoms with Crippen molar-refractivity contribution in [3.8, 4) is 0 Å². The summed E-state index contributed by atoms with van der Waals surface area (Å²) < 4.78 is 21.7. The van der Waals surface area contributed by atoms with E-state index in [0.29, 0.717) is 11.1 Å². The van der Waals surface area contributed by atoms with E-state index < -0.39 is 10.6 Å². The molecule has 1 amide bonds. The zero-order valence-electron chi connectivity index (χ0n) is 12.4. The molecule has 0 spiro atoms. The minimum absolute atomic E-state index is 0.0915. The molecule has 1 atom stereocenters. The fourth-order valence-corrected chi connectivity index (χ4v) is 3.66. The first-order valence-electron chi connectivity index (χ1n) is 6.99. The lowest BCUT2D eigenvalue weighted by Gasteiger charge is -2.40. The molecule has 124 valence electrons. The molecule has 1 aliphatic heterocycles. The molecular weight excluding hydrogens is 332 g/mol. The topological polar surface area (TPSA) is 113 Å². The molecule has 7 nitrogen and oxygen atoms in total. The van der Waals surface area contributed by atoms with E-state index >= 15 is 0 Å². The number of hydrogen-bond donors (Lipinski definition) is 3. The van der Waals surface area contributed by atoms with Gasteiger partial charge in [0, 0.05) is 34.7 Å². The van der Waals surface area contributed by atoms with Crippen molar-refractivity contribution in [2.24, 2.45) is 0 Å². The molecule has 0 aliphatic carbocycles. The first kappa shape index (κ1) is 16.2. The van der Waals surface area contributed by atoms with Gasteiger partial charge in [-0.2, -0.15) is 0 Å². The molecule has 2 aromatic carbocycles. The summed E-state index contributed by atoms with van der Waals surface area (Å²) >= 11 is 0. The van der Waals surface area contributed by atoms with Crippen LogP contribution in [0.25, 0.3) is 6.08 Å². The lowest BCUT2D eigenvalue weighted by Crippen LogP contribution is -2.23. The summed E-state index contributed by atoms with van der Waals surface area (Å²) in [6.07, 6.45) is 1.48. The van der Waals surface area contributed by atoms with Gasteiger partial charge in [-0.05, 0) is 29.2 Å². The van der Waals surface area contributed by atoms with E-state index in [-0.39, 0.29) is 28.0 Å². The predicted octanol–water partition coefficient (Wildman–Crippen LogP) is 3.17. The van der Waals surface area contributed by atoms with Gasteiger partial charge in [0.05, 0.1) is 4.91 Å². The SMILES string of the molecule is O=C(NCc1ccc([N+](=O)O)cc1)c1cccc2c1C=CS2([O-])O. The second-order valence-electron chi connectivity index (χ2n) is 5.21. The van der Waals surface area contributed by atoms with Gasteiger partial charge in [0.15, 0.2) is 0 Å². The summed E-state index contributed by atoms with van der Waals surface area (Å²) in [7, 11) is -3.21. The van der Waals surface area contributed by atoms with Crippen LogP contribution in [0, 0.1) is 4.91 Å². The number of amides is 1. The van der Waals surface area contributed by atoms with E-state index in [1.54, 1.807) is 24.3 Å². The molecule has 0 saturated carbocycles. The second-order valence-corrected chi connectivity index (χ2v) is 7.06. The van der Waals surface area contributed by atoms with Crippen LogP contribution in [-0.2, 0) is 6.54 Å². The van der Waals surface area contributed by atoms with E-state index in [0.717, 1.165) is 5.56 Å². The van der Waals surface area contributed by atoms with Crippen LogP contribution in [0.1, 0.15) is 21.5 Å². The van der Waals surface area contributed by atoms with E-state index in [9.17, 15) is 18.8 Å². The molecule has 0 fully saturated rings. The van der Waals surface area contributed by atoms with Crippen molar-refractivity contribution in [3.63, 3.8) is 0 Å². The Kier molecular flexibility index (Phi) is 4.10. The lowest BCUT2D eigenvalue weighted by molar-refractivity contribution is -0.729. The van der Waals surface area contributed by atoms with Crippen LogP contribution >= 0.6 is 10.6 Å². The Hall–Kier alpha value is -2.68. The highest BCUT2D eigenvalue weighted by Crippen LogP contribution is 2.56. The first-order valence-corrected chi connectivity index (χ1v) is 8.57. The summed E-state index contributed by atoms with van der Waals surface area (Å²) in [5, 5.41) is 12.7. The first-order chi connectivity index (χ1) is 11.4. The highest BCUT2D eigenvalue weighted by atomic mass is 32.3. The quantitative estimate of drug-likeness (QED) is 0.736. The number of nitrogens with one attached hydrogen (secondary N) is 1. The Morgan fingerprint density at radius 2 is 1.92 bits per heavy atom. The van der Waals surface area contributed by atoms with Gasteiger partial charge in [-0.1, -0.05) is 18.2 Å². The van der Waals surface area contributed by atoms with Crippen LogP contribution in [0.2, 0.25) is 0 Å². The second kappa shape index (κ2) is 6.08. The molecule has 1 aliphatic rings. The van der Waals surface area contributed by atoms with E-state index in [4.69, 9.17) is 5.21 Å². The standard InChI is InChI=1S/C16H14N2O5S/c19-16(17-10-11-4-6-12(7-5-11)18(20)21)14-2-1-3-15-13(14)8-9-24(15,22)23/h1-9H,10H2,(H3-,17,19,20,21,22,23). The van der Waals surface area contributed by atoms with Crippen LogP contribution in [0.4, 0.5) is 5.69 Å². The molecule has 0 saturated heterocycles. The zero-order valence-corrected chi connectivity index (χ0v) is 13.2. The Morgan fingerprint density at radius 1 is 1.21 bits per heavy atom. The van der Waals surface area contributed by atoms with Gasteiger partial charge < -0.3 is 25.0 Å². The van der Waals surface area contributed by atoms with Gasteiger partial charge in [0.2, 0.25) is 0 Å². The van der Waals surface area contributed by atoms with Crippen molar-refractivity contribution in [1.82, 2.24) is 5.32 Å². The van der Waals surface area contributed by atoms with Crippen molar-refractivity contribution in [2.75, 3.05) is 0 Å². The summed E-state index contributed by atoms with van der Waals surface area (Å²) in [5.74, 6) is -0.370. The molecule has 8 heteroatoms. The maximum Gasteiger partial charge on any atom is 0.316 e. The van der Waals surface area contributed by atoms with Crippen molar-refractivity contribution < 1.29 is 24.0 Å². The molecule has 24 heavy (non-hydrogen) atoms. The van der Waals surface area contributed by atoms with Crippen molar-refractivity contribution in [3.05, 3.63) is 69.5 Å². The minimum Gasteiger partial charge on any atom is -0.760 e. The molecule has 3 N–H and O–H groups in total. The van der Waals surface area contributed by atoms with Crippen molar-refractivity contribution in [1.29, 1.82) is 0 Å². The Balaban J connectivity index is 1.74. The third-order valence-corrected chi connectivity index (χ3v) is 5.15. The third kappa shape index (κ3) is 3.02. The number of rotatable bonds is 4. The van der Waals surface area contributed by atoms with Crippen LogP contribution < -0.4 is 5.32 Å². The smallest absolute Gasteiger partial charge is 0.316 e. The number of carbonyl (C=O) groups excluding carboxylic acids is 1. The molecule has 0 aromatic heterocycles. The maximum atomic E-state index is 12.3. The van der Waals surface area contributed by atoms with Crippen LogP contribution in [0.5, 0.6) is 0 Å². The van der Waals surface area contributed by atoms with Crippen LogP contribution in [0.3, 0.4) is 0 Å². The van der Waals surface area contributed by atoms with Crippen molar-refractivity contribution >= 4 is 28.3 Å². The Bertz CT molecular complexity index is 846. The molecule has 0 radical (unpaired) electrons. The fraction of sp³-hybridized carbons (Fsp3) is 0.0625. The molecular formula is C16H14N2O5S. The number of hydrogen-bond acceptors (Lipinski definition) is 4. The summed E-state index contributed by atoms with van der Waals surface area (Å²) in [6.45, 7) is 0.214. The number of benzene rings is 2. The average Bonchev–Trinajstić information content (AvgIpc) is 2.88. The van der Waals surface area contributed by atoms with Crippen LogP contribution in [0.15, 0.2) is 52.8 Å². The molecule has 1 unspecified atom stereocenters. The van der Waals surface area contributed by atoms with Crippen LogP contribution in [-0.4, -0.2) is 25.1 Å². The highest BCUT2D eigenvalue weighted by molar-refractivity contribution is 8.27. The largest absolute Gasteiger partial charge is 0.760 e. The average molecular weight is 346 g/mol. The lowest BCUT2D eigenvalue weighted by atomic mass is 10.1. The fourth-order valence-electron chi connectivity index (χ4n) is 2.42. The minimum atomic E-state index is -3.21. The maximum absolute atomic E-state index is 12.3. The number of fused-ring (bicyclic) bond motifs is 1. The molecule has 1 heterocycles.